The number of rotatable bonds is 7. The van der Waals surface area contributed by atoms with Gasteiger partial charge in [-0.2, -0.15) is 0 Å². The van der Waals surface area contributed by atoms with Crippen LogP contribution in [0.1, 0.15) is 44.7 Å². The number of benzene rings is 2. The molecule has 8 nitrogen and oxygen atoms in total. The summed E-state index contributed by atoms with van der Waals surface area (Å²) in [4.78, 5) is 49.4. The summed E-state index contributed by atoms with van der Waals surface area (Å²) in [6.45, 7) is 3.69. The van der Waals surface area contributed by atoms with Crippen LogP contribution < -0.4 is 15.6 Å². The second-order valence-electron chi connectivity index (χ2n) is 7.07. The summed E-state index contributed by atoms with van der Waals surface area (Å²) in [5, 5.41) is 0. The molecule has 2 aromatic rings. The summed E-state index contributed by atoms with van der Waals surface area (Å²) in [5.41, 5.74) is 7.27. The van der Waals surface area contributed by atoms with Crippen LogP contribution in [0.3, 0.4) is 0 Å². The molecule has 0 atom stereocenters. The van der Waals surface area contributed by atoms with Gasteiger partial charge in [-0.1, -0.05) is 24.3 Å². The van der Waals surface area contributed by atoms with Crippen molar-refractivity contribution in [1.29, 1.82) is 0 Å². The molecule has 0 aliphatic carbocycles. The van der Waals surface area contributed by atoms with Crippen LogP contribution in [-0.2, 0) is 9.59 Å². The largest absolute Gasteiger partial charge is 0.483 e. The van der Waals surface area contributed by atoms with Crippen molar-refractivity contribution >= 4 is 23.6 Å². The summed E-state index contributed by atoms with van der Waals surface area (Å²) in [6.07, 6.45) is 0.331. The van der Waals surface area contributed by atoms with Crippen molar-refractivity contribution in [2.75, 3.05) is 13.2 Å². The van der Waals surface area contributed by atoms with Crippen LogP contribution in [0.5, 0.6) is 5.75 Å². The van der Waals surface area contributed by atoms with E-state index in [2.05, 4.69) is 10.9 Å². The molecule has 0 radical (unpaired) electrons. The smallest absolute Gasteiger partial charge is 0.276 e. The van der Waals surface area contributed by atoms with Gasteiger partial charge in [0.2, 0.25) is 5.91 Å². The monoisotopic (exact) mass is 409 g/mol. The molecule has 0 bridgehead atoms. The van der Waals surface area contributed by atoms with Crippen LogP contribution in [0.15, 0.2) is 42.5 Å². The van der Waals surface area contributed by atoms with Gasteiger partial charge in [-0.05, 0) is 49.6 Å². The normalized spacial score (nSPS) is 12.5. The lowest BCUT2D eigenvalue weighted by Gasteiger charge is -2.14. The van der Waals surface area contributed by atoms with Crippen LogP contribution in [0.25, 0.3) is 0 Å². The van der Waals surface area contributed by atoms with Gasteiger partial charge in [0, 0.05) is 13.0 Å². The number of hydrogen-bond donors (Lipinski definition) is 2. The summed E-state index contributed by atoms with van der Waals surface area (Å²) in [6, 6.07) is 12.3. The molecule has 0 aromatic heterocycles. The van der Waals surface area contributed by atoms with Crippen molar-refractivity contribution in [2.24, 2.45) is 0 Å². The zero-order valence-electron chi connectivity index (χ0n) is 16.9. The molecule has 30 heavy (non-hydrogen) atoms. The zero-order chi connectivity index (χ0) is 21.7. The topological polar surface area (TPSA) is 105 Å². The van der Waals surface area contributed by atoms with E-state index < -0.39 is 11.8 Å². The molecular weight excluding hydrogens is 386 g/mol. The van der Waals surface area contributed by atoms with Crippen molar-refractivity contribution in [2.45, 2.75) is 26.7 Å². The number of amides is 4. The highest BCUT2D eigenvalue weighted by Gasteiger charge is 2.34. The van der Waals surface area contributed by atoms with E-state index in [-0.39, 0.29) is 37.8 Å². The van der Waals surface area contributed by atoms with E-state index in [0.29, 0.717) is 16.9 Å². The number of hydrazine groups is 1. The molecular formula is C22H23N3O5. The third-order valence-corrected chi connectivity index (χ3v) is 4.71. The highest BCUT2D eigenvalue weighted by Crippen LogP contribution is 2.22. The maximum Gasteiger partial charge on any atom is 0.276 e. The van der Waals surface area contributed by atoms with Crippen LogP contribution in [0.4, 0.5) is 0 Å². The number of carbonyl (C=O) groups is 4. The molecule has 8 heteroatoms. The first-order valence-electron chi connectivity index (χ1n) is 9.60. The van der Waals surface area contributed by atoms with E-state index in [1.807, 2.05) is 32.0 Å². The highest BCUT2D eigenvalue weighted by molar-refractivity contribution is 6.21. The molecule has 0 saturated heterocycles. The fourth-order valence-electron chi connectivity index (χ4n) is 3.08. The summed E-state index contributed by atoms with van der Waals surface area (Å²) in [7, 11) is 0. The summed E-state index contributed by atoms with van der Waals surface area (Å²) in [5.74, 6) is -1.02. The second-order valence-corrected chi connectivity index (χ2v) is 7.07. The maximum absolute atomic E-state index is 12.3. The number of hydrogen-bond acceptors (Lipinski definition) is 5. The zero-order valence-corrected chi connectivity index (χ0v) is 16.9. The number of nitrogens with one attached hydrogen (secondary N) is 2. The van der Waals surface area contributed by atoms with E-state index in [4.69, 9.17) is 4.74 Å². The fourth-order valence-corrected chi connectivity index (χ4v) is 3.08. The van der Waals surface area contributed by atoms with Gasteiger partial charge in [-0.15, -0.1) is 0 Å². The standard InChI is InChI=1S/C22H23N3O5/c1-14-9-10-15(2)18(12-14)30-13-20(27)24-23-19(26)8-5-11-25-21(28)16-6-3-4-7-17(16)22(25)29/h3-4,6-7,9-10,12H,5,8,11,13H2,1-2H3,(H,23,26)(H,24,27). The SMILES string of the molecule is Cc1ccc(C)c(OCC(=O)NNC(=O)CCCN2C(=O)c3ccccc3C2=O)c1. The molecule has 1 aliphatic heterocycles. The Kier molecular flexibility index (Phi) is 6.46. The Labute approximate surface area is 174 Å². The Morgan fingerprint density at radius 3 is 2.23 bits per heavy atom. The van der Waals surface area contributed by atoms with Crippen molar-refractivity contribution in [3.63, 3.8) is 0 Å². The molecule has 3 rings (SSSR count). The Bertz CT molecular complexity index is 967. The molecule has 0 saturated carbocycles. The lowest BCUT2D eigenvalue weighted by Crippen LogP contribution is -2.44. The van der Waals surface area contributed by atoms with E-state index in [0.717, 1.165) is 16.0 Å². The first-order chi connectivity index (χ1) is 14.4. The minimum atomic E-state index is -0.496. The van der Waals surface area contributed by atoms with Gasteiger partial charge in [0.15, 0.2) is 6.61 Å². The average molecular weight is 409 g/mol. The number of ether oxygens (including phenoxy) is 1. The fraction of sp³-hybridized carbons (Fsp3) is 0.273. The molecule has 2 aromatic carbocycles. The molecule has 0 fully saturated rings. The van der Waals surface area contributed by atoms with Crippen molar-refractivity contribution < 1.29 is 23.9 Å². The minimum absolute atomic E-state index is 0.0472. The van der Waals surface area contributed by atoms with Crippen molar-refractivity contribution in [3.8, 4) is 5.75 Å². The molecule has 1 aliphatic rings. The summed E-state index contributed by atoms with van der Waals surface area (Å²) < 4.78 is 5.47. The van der Waals surface area contributed by atoms with Gasteiger partial charge in [-0.25, -0.2) is 0 Å². The van der Waals surface area contributed by atoms with Gasteiger partial charge in [0.05, 0.1) is 11.1 Å². The van der Waals surface area contributed by atoms with Gasteiger partial charge in [-0.3, -0.25) is 34.9 Å². The van der Waals surface area contributed by atoms with Crippen LogP contribution >= 0.6 is 0 Å². The second kappa shape index (κ2) is 9.21. The number of aryl methyl sites for hydroxylation is 2. The van der Waals surface area contributed by atoms with E-state index in [1.165, 1.54) is 0 Å². The van der Waals surface area contributed by atoms with Crippen LogP contribution in [-0.4, -0.2) is 41.7 Å². The van der Waals surface area contributed by atoms with Gasteiger partial charge >= 0.3 is 0 Å². The molecule has 0 spiro atoms. The van der Waals surface area contributed by atoms with Crippen molar-refractivity contribution in [3.05, 3.63) is 64.7 Å². The Morgan fingerprint density at radius 1 is 0.933 bits per heavy atom. The van der Waals surface area contributed by atoms with E-state index in [9.17, 15) is 19.2 Å². The molecule has 2 N–H and O–H groups in total. The van der Waals surface area contributed by atoms with Crippen LogP contribution in [0.2, 0.25) is 0 Å². The summed E-state index contributed by atoms with van der Waals surface area (Å²) >= 11 is 0. The molecule has 4 amide bonds. The Balaban J connectivity index is 1.37. The molecule has 156 valence electrons. The third kappa shape index (κ3) is 4.83. The maximum atomic E-state index is 12.3. The number of carbonyl (C=O) groups excluding carboxylic acids is 4. The van der Waals surface area contributed by atoms with Crippen molar-refractivity contribution in [1.82, 2.24) is 15.8 Å². The number of imide groups is 1. The van der Waals surface area contributed by atoms with Crippen LogP contribution in [0, 0.1) is 13.8 Å². The Hall–Kier alpha value is -3.68. The first-order valence-corrected chi connectivity index (χ1v) is 9.60. The van der Waals surface area contributed by atoms with E-state index >= 15 is 0 Å². The quantitative estimate of drug-likeness (QED) is 0.537. The number of fused-ring (bicyclic) bond motifs is 1. The van der Waals surface area contributed by atoms with Gasteiger partial charge in [0.25, 0.3) is 17.7 Å². The molecule has 0 unspecified atom stereocenters. The van der Waals surface area contributed by atoms with Gasteiger partial charge in [0.1, 0.15) is 5.75 Å². The Morgan fingerprint density at radius 2 is 1.57 bits per heavy atom. The van der Waals surface area contributed by atoms with Gasteiger partial charge < -0.3 is 4.74 Å². The predicted molar refractivity (Wildman–Crippen MR) is 109 cm³/mol. The number of nitrogens with zero attached hydrogens (tertiary/aromatic N) is 1. The third-order valence-electron chi connectivity index (χ3n) is 4.71. The lowest BCUT2D eigenvalue weighted by molar-refractivity contribution is -0.130. The molecule has 1 heterocycles. The van der Waals surface area contributed by atoms with E-state index in [1.54, 1.807) is 24.3 Å². The predicted octanol–water partition coefficient (Wildman–Crippen LogP) is 1.91. The first kappa shape index (κ1) is 21.0. The lowest BCUT2D eigenvalue weighted by atomic mass is 10.1. The highest BCUT2D eigenvalue weighted by atomic mass is 16.5. The average Bonchev–Trinajstić information content (AvgIpc) is 2.98. The minimum Gasteiger partial charge on any atom is -0.483 e.